The minimum Gasteiger partial charge on any atom is -0.493 e. The molecule has 0 radical (unpaired) electrons. The van der Waals surface area contributed by atoms with Crippen LogP contribution in [0.4, 0.5) is 13.2 Å². The number of benzene rings is 1. The van der Waals surface area contributed by atoms with Crippen molar-refractivity contribution in [2.45, 2.75) is 6.18 Å². The van der Waals surface area contributed by atoms with E-state index in [9.17, 15) is 18.0 Å². The Morgan fingerprint density at radius 3 is 2.68 bits per heavy atom. The summed E-state index contributed by atoms with van der Waals surface area (Å²) in [7, 11) is 1.41. The van der Waals surface area contributed by atoms with E-state index in [1.807, 2.05) is 6.07 Å². The van der Waals surface area contributed by atoms with Crippen molar-refractivity contribution in [1.82, 2.24) is 9.97 Å². The normalized spacial score (nSPS) is 11.3. The van der Waals surface area contributed by atoms with Crippen LogP contribution in [0.2, 0.25) is 0 Å². The van der Waals surface area contributed by atoms with E-state index in [0.29, 0.717) is 17.1 Å². The van der Waals surface area contributed by atoms with E-state index in [2.05, 4.69) is 4.98 Å². The molecule has 1 aromatic carbocycles. The van der Waals surface area contributed by atoms with Gasteiger partial charge in [-0.05, 0) is 29.8 Å². The van der Waals surface area contributed by atoms with Crippen molar-refractivity contribution in [3.05, 3.63) is 51.7 Å². The molecule has 0 aliphatic heterocycles. The molecule has 0 amide bonds. The number of H-pyrrole nitrogens is 1. The van der Waals surface area contributed by atoms with Gasteiger partial charge in [0, 0.05) is 0 Å². The Morgan fingerprint density at radius 1 is 1.28 bits per heavy atom. The zero-order chi connectivity index (χ0) is 18.4. The molecule has 130 valence electrons. The molecule has 9 heteroatoms. The number of hydrogen-bond acceptors (Lipinski definition) is 5. The summed E-state index contributed by atoms with van der Waals surface area (Å²) >= 11 is 0. The fraction of sp³-hybridized carbons (Fsp3) is 0.188. The first-order chi connectivity index (χ1) is 11.8. The first kappa shape index (κ1) is 18.1. The molecule has 0 aliphatic carbocycles. The van der Waals surface area contributed by atoms with E-state index in [-0.39, 0.29) is 12.3 Å². The van der Waals surface area contributed by atoms with E-state index in [1.165, 1.54) is 19.3 Å². The number of aromatic nitrogens is 2. The lowest BCUT2D eigenvalue weighted by Crippen LogP contribution is -2.19. The lowest BCUT2D eigenvalue weighted by atomic mass is 10.1. The van der Waals surface area contributed by atoms with Crippen LogP contribution in [0.3, 0.4) is 0 Å². The van der Waals surface area contributed by atoms with E-state index in [0.717, 1.165) is 6.07 Å². The van der Waals surface area contributed by atoms with Crippen LogP contribution >= 0.6 is 0 Å². The predicted molar refractivity (Wildman–Crippen MR) is 82.9 cm³/mol. The third-order valence-corrected chi connectivity index (χ3v) is 3.00. The van der Waals surface area contributed by atoms with Gasteiger partial charge in [0.25, 0.3) is 0 Å². The highest BCUT2D eigenvalue weighted by Crippen LogP contribution is 2.29. The summed E-state index contributed by atoms with van der Waals surface area (Å²) in [5, 5.41) is 8.52. The predicted octanol–water partition coefficient (Wildman–Crippen LogP) is 2.87. The van der Waals surface area contributed by atoms with Crippen molar-refractivity contribution >= 4 is 12.2 Å². The smallest absolute Gasteiger partial charge is 0.431 e. The number of rotatable bonds is 5. The average molecular weight is 351 g/mol. The molecule has 1 N–H and O–H groups in total. The number of halogens is 3. The fourth-order valence-electron chi connectivity index (χ4n) is 1.91. The molecule has 1 aromatic heterocycles. The Balaban J connectivity index is 2.29. The van der Waals surface area contributed by atoms with Crippen LogP contribution in [0.15, 0.2) is 29.1 Å². The topological polar surface area (TPSA) is 88.0 Å². The van der Waals surface area contributed by atoms with E-state index in [1.54, 1.807) is 23.2 Å². The summed E-state index contributed by atoms with van der Waals surface area (Å²) in [4.78, 5) is 16.4. The lowest BCUT2D eigenvalue weighted by molar-refractivity contribution is -0.141. The van der Waals surface area contributed by atoms with Crippen molar-refractivity contribution in [2.24, 2.45) is 0 Å². The Kier molecular flexibility index (Phi) is 5.44. The number of aromatic amines is 1. The molecule has 0 fully saturated rings. The number of ether oxygens (including phenoxy) is 2. The van der Waals surface area contributed by atoms with E-state index < -0.39 is 17.6 Å². The van der Waals surface area contributed by atoms with Gasteiger partial charge < -0.3 is 14.5 Å². The maximum atomic E-state index is 12.7. The van der Waals surface area contributed by atoms with Gasteiger partial charge in [0.05, 0.1) is 12.8 Å². The Hall–Kier alpha value is -3.28. The summed E-state index contributed by atoms with van der Waals surface area (Å²) in [5.74, 6) is 0.710. The standard InChI is InChI=1S/C16H12F3N3O3/c1-24-13-8-10(3-5-12(13)25-7-6-20)2-4-11-9-14(16(17,18)19)22-15(23)21-11/h2-5,8-9H,7H2,1H3,(H,21,22,23)/b4-2+. The lowest BCUT2D eigenvalue weighted by Gasteiger charge is -2.09. The second kappa shape index (κ2) is 7.53. The van der Waals surface area contributed by atoms with Gasteiger partial charge in [0.15, 0.2) is 18.1 Å². The summed E-state index contributed by atoms with van der Waals surface area (Å²) in [5.41, 5.74) is -1.83. The molecule has 25 heavy (non-hydrogen) atoms. The van der Waals surface area contributed by atoms with Crippen LogP contribution in [0, 0.1) is 11.3 Å². The second-order valence-electron chi connectivity index (χ2n) is 4.71. The third kappa shape index (κ3) is 4.84. The Morgan fingerprint density at radius 2 is 2.04 bits per heavy atom. The van der Waals surface area contributed by atoms with Gasteiger partial charge >= 0.3 is 11.9 Å². The Bertz CT molecular complexity index is 883. The van der Waals surface area contributed by atoms with Crippen LogP contribution in [0.1, 0.15) is 17.0 Å². The SMILES string of the molecule is COc1cc(/C=C/c2cc(C(F)(F)F)[nH]c(=O)n2)ccc1OCC#N. The van der Waals surface area contributed by atoms with Gasteiger partial charge in [-0.25, -0.2) is 4.79 Å². The molecule has 0 aliphatic rings. The van der Waals surface area contributed by atoms with Gasteiger partial charge in [0.2, 0.25) is 0 Å². The zero-order valence-corrected chi connectivity index (χ0v) is 12.9. The van der Waals surface area contributed by atoms with Gasteiger partial charge in [-0.3, -0.25) is 0 Å². The van der Waals surface area contributed by atoms with Crippen molar-refractivity contribution in [3.63, 3.8) is 0 Å². The van der Waals surface area contributed by atoms with Crippen LogP contribution in [0.5, 0.6) is 11.5 Å². The highest BCUT2D eigenvalue weighted by atomic mass is 19.4. The molecule has 0 bridgehead atoms. The van der Waals surface area contributed by atoms with Crippen LogP contribution in [-0.2, 0) is 6.18 Å². The number of nitriles is 1. The highest BCUT2D eigenvalue weighted by Gasteiger charge is 2.32. The van der Waals surface area contributed by atoms with E-state index >= 15 is 0 Å². The van der Waals surface area contributed by atoms with Crippen molar-refractivity contribution in [1.29, 1.82) is 5.26 Å². The van der Waals surface area contributed by atoms with Crippen molar-refractivity contribution in [3.8, 4) is 17.6 Å². The number of nitrogens with zero attached hydrogens (tertiary/aromatic N) is 2. The summed E-state index contributed by atoms with van der Waals surface area (Å²) in [6.07, 6.45) is -1.93. The van der Waals surface area contributed by atoms with Crippen LogP contribution in [-0.4, -0.2) is 23.7 Å². The first-order valence-electron chi connectivity index (χ1n) is 6.88. The minimum atomic E-state index is -4.67. The average Bonchev–Trinajstić information content (AvgIpc) is 2.57. The van der Waals surface area contributed by atoms with Gasteiger partial charge in [0.1, 0.15) is 11.8 Å². The van der Waals surface area contributed by atoms with Crippen LogP contribution < -0.4 is 15.2 Å². The van der Waals surface area contributed by atoms with E-state index in [4.69, 9.17) is 14.7 Å². The maximum absolute atomic E-state index is 12.7. The monoisotopic (exact) mass is 351 g/mol. The number of hydrogen-bond donors (Lipinski definition) is 1. The largest absolute Gasteiger partial charge is 0.493 e. The first-order valence-corrected chi connectivity index (χ1v) is 6.88. The molecule has 0 saturated carbocycles. The van der Waals surface area contributed by atoms with Crippen molar-refractivity contribution < 1.29 is 22.6 Å². The fourth-order valence-corrected chi connectivity index (χ4v) is 1.91. The summed E-state index contributed by atoms with van der Waals surface area (Å²) in [6.45, 7) is -0.150. The molecule has 2 rings (SSSR count). The van der Waals surface area contributed by atoms with Gasteiger partial charge in [-0.1, -0.05) is 12.1 Å². The molecule has 2 aromatic rings. The summed E-state index contributed by atoms with van der Waals surface area (Å²) < 4.78 is 48.3. The molecular formula is C16H12F3N3O3. The molecular weight excluding hydrogens is 339 g/mol. The zero-order valence-electron chi connectivity index (χ0n) is 12.9. The van der Waals surface area contributed by atoms with Gasteiger partial charge in [-0.2, -0.15) is 23.4 Å². The van der Waals surface area contributed by atoms with Crippen molar-refractivity contribution in [2.75, 3.05) is 13.7 Å². The van der Waals surface area contributed by atoms with Gasteiger partial charge in [-0.15, -0.1) is 0 Å². The highest BCUT2D eigenvalue weighted by molar-refractivity contribution is 5.69. The minimum absolute atomic E-state index is 0.139. The molecule has 0 atom stereocenters. The van der Waals surface area contributed by atoms with Crippen LogP contribution in [0.25, 0.3) is 12.2 Å². The molecule has 1 heterocycles. The number of nitrogens with one attached hydrogen (secondary N) is 1. The number of methoxy groups -OCH3 is 1. The molecule has 6 nitrogen and oxygen atoms in total. The molecule has 0 unspecified atom stereocenters. The molecule has 0 spiro atoms. The maximum Gasteiger partial charge on any atom is 0.431 e. The second-order valence-corrected chi connectivity index (χ2v) is 4.71. The third-order valence-electron chi connectivity index (χ3n) is 3.00. The Labute approximate surface area is 140 Å². The quantitative estimate of drug-likeness (QED) is 0.895. The molecule has 0 saturated heterocycles. The number of alkyl halides is 3. The summed E-state index contributed by atoms with van der Waals surface area (Å²) in [6, 6.07) is 7.31.